The molecule has 0 saturated carbocycles. The number of benzene rings is 1. The van der Waals surface area contributed by atoms with Gasteiger partial charge < -0.3 is 4.74 Å². The second kappa shape index (κ2) is 5.44. The van der Waals surface area contributed by atoms with Gasteiger partial charge in [-0.1, -0.05) is 12.1 Å². The first-order valence-corrected chi connectivity index (χ1v) is 5.79. The van der Waals surface area contributed by atoms with Crippen LogP contribution in [0, 0.1) is 0 Å². The van der Waals surface area contributed by atoms with Crippen molar-refractivity contribution < 1.29 is 9.53 Å². The molecule has 0 unspecified atom stereocenters. The number of ether oxygens (including phenoxy) is 1. The van der Waals surface area contributed by atoms with Crippen molar-refractivity contribution in [1.82, 2.24) is 15.0 Å². The van der Waals surface area contributed by atoms with Gasteiger partial charge in [-0.3, -0.25) is 4.79 Å². The molecule has 0 amide bonds. The van der Waals surface area contributed by atoms with Gasteiger partial charge >= 0.3 is 0 Å². The number of Topliss-reactive ketones (excluding diaryl/α,β-unsaturated/α-hetero) is 1. The van der Waals surface area contributed by atoms with Crippen molar-refractivity contribution in [2.45, 2.75) is 19.9 Å². The molecule has 0 saturated heterocycles. The number of methoxy groups -OCH3 is 1. The molecule has 1 aromatic carbocycles. The molecule has 5 nitrogen and oxygen atoms in total. The first kappa shape index (κ1) is 12.3. The Labute approximate surface area is 105 Å². The summed E-state index contributed by atoms with van der Waals surface area (Å²) in [4.78, 5) is 11.3. The summed E-state index contributed by atoms with van der Waals surface area (Å²) in [5.74, 6) is 0.938. The van der Waals surface area contributed by atoms with E-state index in [4.69, 9.17) is 4.74 Å². The molecule has 0 aliphatic rings. The molecule has 5 heteroatoms. The minimum absolute atomic E-state index is 0.140. The zero-order chi connectivity index (χ0) is 13.0. The molecule has 0 N–H and O–H groups in total. The van der Waals surface area contributed by atoms with Crippen LogP contribution in [0.25, 0.3) is 11.3 Å². The smallest absolute Gasteiger partial charge is 0.154 e. The Bertz CT molecular complexity index is 531. The van der Waals surface area contributed by atoms with Gasteiger partial charge in [0.05, 0.1) is 13.3 Å². The lowest BCUT2D eigenvalue weighted by Crippen LogP contribution is -2.09. The fourth-order valence-corrected chi connectivity index (χ4v) is 1.56. The van der Waals surface area contributed by atoms with Crippen LogP contribution >= 0.6 is 0 Å². The van der Waals surface area contributed by atoms with E-state index in [0.29, 0.717) is 6.42 Å². The van der Waals surface area contributed by atoms with Crippen molar-refractivity contribution in [3.8, 4) is 17.0 Å². The molecule has 2 rings (SSSR count). The minimum atomic E-state index is 0.140. The van der Waals surface area contributed by atoms with Crippen LogP contribution in [-0.2, 0) is 11.3 Å². The Hall–Kier alpha value is -2.17. The average Bonchev–Trinajstić information content (AvgIpc) is 2.87. The van der Waals surface area contributed by atoms with Crippen molar-refractivity contribution >= 4 is 5.78 Å². The van der Waals surface area contributed by atoms with Crippen LogP contribution in [-0.4, -0.2) is 27.9 Å². The first-order valence-electron chi connectivity index (χ1n) is 5.79. The van der Waals surface area contributed by atoms with E-state index in [1.807, 2.05) is 31.2 Å². The summed E-state index contributed by atoms with van der Waals surface area (Å²) in [5, 5.41) is 7.99. The lowest BCUT2D eigenvalue weighted by atomic mass is 10.2. The van der Waals surface area contributed by atoms with Crippen molar-refractivity contribution in [2.75, 3.05) is 7.11 Å². The molecule has 0 bridgehead atoms. The molecule has 0 fully saturated rings. The highest BCUT2D eigenvalue weighted by Crippen LogP contribution is 2.19. The molecular weight excluding hydrogens is 230 g/mol. The molecule has 2 aromatic rings. The second-order valence-corrected chi connectivity index (χ2v) is 3.92. The van der Waals surface area contributed by atoms with Crippen LogP contribution in [0.2, 0.25) is 0 Å². The normalized spacial score (nSPS) is 10.3. The van der Waals surface area contributed by atoms with Crippen LogP contribution in [0.1, 0.15) is 13.3 Å². The molecule has 1 heterocycles. The summed E-state index contributed by atoms with van der Waals surface area (Å²) >= 11 is 0. The van der Waals surface area contributed by atoms with Crippen molar-refractivity contribution in [3.63, 3.8) is 0 Å². The predicted molar refractivity (Wildman–Crippen MR) is 67.3 cm³/mol. The summed E-state index contributed by atoms with van der Waals surface area (Å²) in [6, 6.07) is 7.56. The number of rotatable bonds is 5. The summed E-state index contributed by atoms with van der Waals surface area (Å²) in [5.41, 5.74) is 1.70. The maximum atomic E-state index is 11.3. The van der Waals surface area contributed by atoms with E-state index in [9.17, 15) is 4.79 Å². The molecule has 0 radical (unpaired) electrons. The number of nitrogens with zero attached hydrogens (tertiary/aromatic N) is 3. The Kier molecular flexibility index (Phi) is 3.72. The van der Waals surface area contributed by atoms with E-state index in [-0.39, 0.29) is 12.3 Å². The number of hydrogen-bond donors (Lipinski definition) is 0. The van der Waals surface area contributed by atoms with Gasteiger partial charge in [-0.15, -0.1) is 5.10 Å². The Morgan fingerprint density at radius 2 is 2.06 bits per heavy atom. The van der Waals surface area contributed by atoms with Crippen LogP contribution in [0.4, 0.5) is 0 Å². The minimum Gasteiger partial charge on any atom is -0.497 e. The standard InChI is InChI=1S/C13H15N3O2/c1-3-11(17)8-16-9-13(14-15-16)10-4-6-12(18-2)7-5-10/h4-7,9H,3,8H2,1-2H3. The van der Waals surface area contributed by atoms with E-state index >= 15 is 0 Å². The largest absolute Gasteiger partial charge is 0.497 e. The maximum absolute atomic E-state index is 11.3. The summed E-state index contributed by atoms with van der Waals surface area (Å²) in [7, 11) is 1.63. The third-order valence-corrected chi connectivity index (χ3v) is 2.66. The van der Waals surface area contributed by atoms with Gasteiger partial charge in [0.2, 0.25) is 0 Å². The van der Waals surface area contributed by atoms with E-state index in [1.54, 1.807) is 18.0 Å². The highest BCUT2D eigenvalue weighted by atomic mass is 16.5. The third-order valence-electron chi connectivity index (χ3n) is 2.66. The monoisotopic (exact) mass is 245 g/mol. The molecule has 0 aliphatic heterocycles. The molecule has 94 valence electrons. The number of carbonyl (C=O) groups is 1. The zero-order valence-corrected chi connectivity index (χ0v) is 10.5. The molecule has 1 aromatic heterocycles. The van der Waals surface area contributed by atoms with Crippen molar-refractivity contribution in [2.24, 2.45) is 0 Å². The van der Waals surface area contributed by atoms with Crippen molar-refractivity contribution in [3.05, 3.63) is 30.5 Å². The van der Waals surface area contributed by atoms with E-state index in [2.05, 4.69) is 10.3 Å². The van der Waals surface area contributed by atoms with Gasteiger partial charge in [0.15, 0.2) is 5.78 Å². The number of hydrogen-bond acceptors (Lipinski definition) is 4. The lowest BCUT2D eigenvalue weighted by Gasteiger charge is -1.99. The Morgan fingerprint density at radius 1 is 1.33 bits per heavy atom. The maximum Gasteiger partial charge on any atom is 0.154 e. The summed E-state index contributed by atoms with van der Waals surface area (Å²) < 4.78 is 6.65. The van der Waals surface area contributed by atoms with E-state index < -0.39 is 0 Å². The SMILES string of the molecule is CCC(=O)Cn1cc(-c2ccc(OC)cc2)nn1. The van der Waals surface area contributed by atoms with Gasteiger partial charge in [-0.2, -0.15) is 0 Å². The third kappa shape index (κ3) is 2.74. The highest BCUT2D eigenvalue weighted by Gasteiger charge is 2.06. The fourth-order valence-electron chi connectivity index (χ4n) is 1.56. The molecule has 0 atom stereocenters. The number of carbonyl (C=O) groups excluding carboxylic acids is 1. The lowest BCUT2D eigenvalue weighted by molar-refractivity contribution is -0.119. The zero-order valence-electron chi connectivity index (χ0n) is 10.5. The van der Waals surface area contributed by atoms with Gasteiger partial charge in [0, 0.05) is 12.0 Å². The first-order chi connectivity index (χ1) is 8.72. The molecule has 0 spiro atoms. The molecule has 18 heavy (non-hydrogen) atoms. The quantitative estimate of drug-likeness (QED) is 0.807. The summed E-state index contributed by atoms with van der Waals surface area (Å²) in [6.07, 6.45) is 2.28. The number of ketones is 1. The van der Waals surface area contributed by atoms with Crippen molar-refractivity contribution in [1.29, 1.82) is 0 Å². The molecule has 0 aliphatic carbocycles. The predicted octanol–water partition coefficient (Wildman–Crippen LogP) is 1.93. The number of aromatic nitrogens is 3. The van der Waals surface area contributed by atoms with Gasteiger partial charge in [0.1, 0.15) is 18.0 Å². The second-order valence-electron chi connectivity index (χ2n) is 3.92. The van der Waals surface area contributed by atoms with Gasteiger partial charge in [-0.25, -0.2) is 4.68 Å². The average molecular weight is 245 g/mol. The van der Waals surface area contributed by atoms with Gasteiger partial charge in [0.25, 0.3) is 0 Å². The summed E-state index contributed by atoms with van der Waals surface area (Å²) in [6.45, 7) is 2.11. The topological polar surface area (TPSA) is 57.0 Å². The van der Waals surface area contributed by atoms with Crippen LogP contribution in [0.3, 0.4) is 0 Å². The Balaban J connectivity index is 2.15. The Morgan fingerprint density at radius 3 is 2.67 bits per heavy atom. The van der Waals surface area contributed by atoms with E-state index in [1.165, 1.54) is 0 Å². The van der Waals surface area contributed by atoms with Crippen LogP contribution in [0.5, 0.6) is 5.75 Å². The highest BCUT2D eigenvalue weighted by molar-refractivity contribution is 5.77. The van der Waals surface area contributed by atoms with E-state index in [0.717, 1.165) is 17.0 Å². The fraction of sp³-hybridized carbons (Fsp3) is 0.308. The van der Waals surface area contributed by atoms with Crippen LogP contribution < -0.4 is 4.74 Å². The van der Waals surface area contributed by atoms with Gasteiger partial charge in [-0.05, 0) is 24.3 Å². The van der Waals surface area contributed by atoms with Crippen LogP contribution in [0.15, 0.2) is 30.5 Å². The molecular formula is C13H15N3O2.